The van der Waals surface area contributed by atoms with E-state index < -0.39 is 27.3 Å². The number of amides is 1. The number of rotatable bonds is 3. The van der Waals surface area contributed by atoms with Gasteiger partial charge in [0.1, 0.15) is 6.10 Å². The van der Waals surface area contributed by atoms with E-state index in [0.29, 0.717) is 6.42 Å². The minimum Gasteiger partial charge on any atom is -0.447 e. The van der Waals surface area contributed by atoms with Crippen LogP contribution in [0.1, 0.15) is 20.3 Å². The lowest BCUT2D eigenvalue weighted by Gasteiger charge is -2.16. The summed E-state index contributed by atoms with van der Waals surface area (Å²) in [4.78, 5) is 11.3. The van der Waals surface area contributed by atoms with Gasteiger partial charge < -0.3 is 10.1 Å². The fourth-order valence-electron chi connectivity index (χ4n) is 1.39. The molecule has 0 aromatic carbocycles. The molecule has 1 amide bonds. The van der Waals surface area contributed by atoms with Gasteiger partial charge in [-0.25, -0.2) is 13.2 Å². The molecule has 0 spiro atoms. The third-order valence-corrected chi connectivity index (χ3v) is 4.85. The topological polar surface area (TPSA) is 72.5 Å². The number of halogens is 1. The molecule has 1 fully saturated rings. The van der Waals surface area contributed by atoms with Crippen molar-refractivity contribution in [3.8, 4) is 0 Å². The number of alkyl halides is 1. The number of hydrogen-bond acceptors (Lipinski definition) is 4. The van der Waals surface area contributed by atoms with Gasteiger partial charge in [0.05, 0.1) is 22.9 Å². The van der Waals surface area contributed by atoms with E-state index in [1.54, 1.807) is 6.92 Å². The smallest absolute Gasteiger partial charge is 0.407 e. The number of nitrogens with one attached hydrogen (secondary N) is 1. The van der Waals surface area contributed by atoms with Crippen LogP contribution in [0.25, 0.3) is 0 Å². The fourth-order valence-corrected chi connectivity index (χ4v) is 3.94. The summed E-state index contributed by atoms with van der Waals surface area (Å²) in [6.07, 6.45) is -0.0883. The van der Waals surface area contributed by atoms with E-state index in [-0.39, 0.29) is 17.6 Å². The minimum atomic E-state index is -3.13. The van der Waals surface area contributed by atoms with E-state index in [9.17, 15) is 13.2 Å². The Balaban J connectivity index is 2.46. The third kappa shape index (κ3) is 3.83. The standard InChI is InChI=1S/C9H16ClNO4S/c1-3-6(2)15-9(12)11-8-5-16(13,14)4-7(8)10/h6-8H,3-5H2,1-2H3,(H,11,12)/t6-,7-,8-/m0/s1. The van der Waals surface area contributed by atoms with Crippen LogP contribution in [0.15, 0.2) is 0 Å². The van der Waals surface area contributed by atoms with Gasteiger partial charge in [0, 0.05) is 0 Å². The summed E-state index contributed by atoms with van der Waals surface area (Å²) < 4.78 is 27.4. The molecule has 0 radical (unpaired) electrons. The van der Waals surface area contributed by atoms with Gasteiger partial charge in [0.2, 0.25) is 0 Å². The number of hydrogen-bond donors (Lipinski definition) is 1. The lowest BCUT2D eigenvalue weighted by atomic mass is 10.2. The van der Waals surface area contributed by atoms with Gasteiger partial charge in [0.25, 0.3) is 0 Å². The second-order valence-corrected chi connectivity index (χ2v) is 6.68. The van der Waals surface area contributed by atoms with Crippen LogP contribution in [0.4, 0.5) is 4.79 Å². The van der Waals surface area contributed by atoms with Gasteiger partial charge in [-0.3, -0.25) is 0 Å². The van der Waals surface area contributed by atoms with Crippen LogP contribution in [0, 0.1) is 0 Å². The predicted molar refractivity (Wildman–Crippen MR) is 61.5 cm³/mol. The molecule has 0 saturated carbocycles. The molecular weight excluding hydrogens is 254 g/mol. The van der Waals surface area contributed by atoms with E-state index in [1.165, 1.54) is 0 Å². The highest BCUT2D eigenvalue weighted by molar-refractivity contribution is 7.91. The number of sulfone groups is 1. The number of carbonyl (C=O) groups excluding carboxylic acids is 1. The van der Waals surface area contributed by atoms with Gasteiger partial charge in [-0.05, 0) is 13.3 Å². The van der Waals surface area contributed by atoms with E-state index in [1.807, 2.05) is 6.92 Å². The highest BCUT2D eigenvalue weighted by Gasteiger charge is 2.37. The monoisotopic (exact) mass is 269 g/mol. The zero-order valence-corrected chi connectivity index (χ0v) is 10.8. The summed E-state index contributed by atoms with van der Waals surface area (Å²) in [5, 5.41) is 1.90. The molecule has 7 heteroatoms. The van der Waals surface area contributed by atoms with Crippen molar-refractivity contribution in [2.75, 3.05) is 11.5 Å². The maximum absolute atomic E-state index is 11.3. The summed E-state index contributed by atoms with van der Waals surface area (Å²) in [5.74, 6) is -0.209. The van der Waals surface area contributed by atoms with E-state index in [0.717, 1.165) is 0 Å². The second kappa shape index (κ2) is 5.23. The molecule has 0 bridgehead atoms. The average Bonchev–Trinajstić information content (AvgIpc) is 2.39. The van der Waals surface area contributed by atoms with Gasteiger partial charge in [0.15, 0.2) is 9.84 Å². The third-order valence-electron chi connectivity index (χ3n) is 2.47. The fraction of sp³-hybridized carbons (Fsp3) is 0.889. The molecule has 1 saturated heterocycles. The molecule has 1 aliphatic rings. The summed E-state index contributed by atoms with van der Waals surface area (Å²) in [6, 6.07) is -0.553. The second-order valence-electron chi connectivity index (χ2n) is 3.97. The molecule has 1 aliphatic heterocycles. The Kier molecular flexibility index (Phi) is 4.43. The zero-order valence-electron chi connectivity index (χ0n) is 9.27. The first kappa shape index (κ1) is 13.6. The first-order valence-corrected chi connectivity index (χ1v) is 7.41. The maximum Gasteiger partial charge on any atom is 0.407 e. The van der Waals surface area contributed by atoms with Crippen LogP contribution >= 0.6 is 11.6 Å². The molecule has 1 rings (SSSR count). The van der Waals surface area contributed by atoms with Gasteiger partial charge in [-0.1, -0.05) is 6.92 Å². The Labute approximate surface area is 100 Å². The van der Waals surface area contributed by atoms with Gasteiger partial charge in [-0.2, -0.15) is 0 Å². The van der Waals surface area contributed by atoms with Gasteiger partial charge in [-0.15, -0.1) is 11.6 Å². The quantitative estimate of drug-likeness (QED) is 0.773. The molecule has 0 aromatic heterocycles. The summed E-state index contributed by atoms with van der Waals surface area (Å²) in [7, 11) is -3.13. The molecule has 1 N–H and O–H groups in total. The van der Waals surface area contributed by atoms with Crippen molar-refractivity contribution >= 4 is 27.5 Å². The van der Waals surface area contributed by atoms with Crippen LogP contribution in [0.3, 0.4) is 0 Å². The van der Waals surface area contributed by atoms with Crippen LogP contribution in [-0.4, -0.2) is 43.5 Å². The number of ether oxygens (including phenoxy) is 1. The van der Waals surface area contributed by atoms with Crippen LogP contribution < -0.4 is 5.32 Å². The molecule has 16 heavy (non-hydrogen) atoms. The summed E-state index contributed by atoms with van der Waals surface area (Å²) in [5.41, 5.74) is 0. The Morgan fingerprint density at radius 3 is 2.62 bits per heavy atom. The number of carbonyl (C=O) groups is 1. The van der Waals surface area contributed by atoms with E-state index >= 15 is 0 Å². The molecule has 0 unspecified atom stereocenters. The van der Waals surface area contributed by atoms with Gasteiger partial charge >= 0.3 is 6.09 Å². The molecule has 94 valence electrons. The Morgan fingerprint density at radius 1 is 1.56 bits per heavy atom. The van der Waals surface area contributed by atoms with Crippen molar-refractivity contribution in [1.82, 2.24) is 5.32 Å². The van der Waals surface area contributed by atoms with Crippen LogP contribution in [0.5, 0.6) is 0 Å². The predicted octanol–water partition coefficient (Wildman–Crippen LogP) is 0.915. The molecular formula is C9H16ClNO4S. The summed E-state index contributed by atoms with van der Waals surface area (Å²) in [6.45, 7) is 3.66. The Hall–Kier alpha value is -0.490. The lowest BCUT2D eigenvalue weighted by molar-refractivity contribution is 0.102. The molecule has 1 heterocycles. The van der Waals surface area contributed by atoms with Crippen molar-refractivity contribution in [2.45, 2.75) is 37.8 Å². The first-order chi connectivity index (χ1) is 7.34. The van der Waals surface area contributed by atoms with E-state index in [4.69, 9.17) is 16.3 Å². The highest BCUT2D eigenvalue weighted by atomic mass is 35.5. The van der Waals surface area contributed by atoms with Crippen molar-refractivity contribution in [1.29, 1.82) is 0 Å². The summed E-state index contributed by atoms with van der Waals surface area (Å²) >= 11 is 5.83. The lowest BCUT2D eigenvalue weighted by Crippen LogP contribution is -2.41. The molecule has 3 atom stereocenters. The van der Waals surface area contributed by atoms with Crippen molar-refractivity contribution in [3.05, 3.63) is 0 Å². The molecule has 0 aliphatic carbocycles. The Morgan fingerprint density at radius 2 is 2.19 bits per heavy atom. The van der Waals surface area contributed by atoms with Crippen LogP contribution in [-0.2, 0) is 14.6 Å². The van der Waals surface area contributed by atoms with Crippen molar-refractivity contribution in [2.24, 2.45) is 0 Å². The average molecular weight is 270 g/mol. The van der Waals surface area contributed by atoms with Crippen molar-refractivity contribution in [3.63, 3.8) is 0 Å². The largest absolute Gasteiger partial charge is 0.447 e. The Bertz CT molecular complexity index is 357. The SMILES string of the molecule is CC[C@H](C)OC(=O)N[C@H]1CS(=O)(=O)C[C@@H]1Cl. The molecule has 0 aromatic rings. The highest BCUT2D eigenvalue weighted by Crippen LogP contribution is 2.18. The van der Waals surface area contributed by atoms with Crippen LogP contribution in [0.2, 0.25) is 0 Å². The maximum atomic E-state index is 11.3. The first-order valence-electron chi connectivity index (χ1n) is 5.15. The zero-order chi connectivity index (χ0) is 12.3. The minimum absolute atomic E-state index is 0.0944. The molecule has 5 nitrogen and oxygen atoms in total. The number of alkyl carbamates (subject to hydrolysis) is 1. The van der Waals surface area contributed by atoms with E-state index in [2.05, 4.69) is 5.32 Å². The van der Waals surface area contributed by atoms with Crippen molar-refractivity contribution < 1.29 is 17.9 Å². The normalized spacial score (nSPS) is 29.7.